The number of nitrogens with zero attached hydrogens (tertiary/aromatic N) is 2. The van der Waals surface area contributed by atoms with E-state index in [1.54, 1.807) is 6.92 Å². The van der Waals surface area contributed by atoms with Gasteiger partial charge in [0.25, 0.3) is 0 Å². The van der Waals surface area contributed by atoms with E-state index >= 15 is 0 Å². The normalized spacial score (nSPS) is 11.6. The number of benzene rings is 1. The lowest BCUT2D eigenvalue weighted by Gasteiger charge is -2.34. The Morgan fingerprint density at radius 2 is 2.21 bits per heavy atom. The zero-order valence-electron chi connectivity index (χ0n) is 11.6. The maximum Gasteiger partial charge on any atom is 0.331 e. The fourth-order valence-electron chi connectivity index (χ4n) is 1.82. The Labute approximate surface area is 112 Å². The van der Waals surface area contributed by atoms with Crippen molar-refractivity contribution in [2.75, 3.05) is 18.6 Å². The molecule has 1 aromatic carbocycles. The first-order valence-corrected chi connectivity index (χ1v) is 6.21. The molecule has 0 aliphatic heterocycles. The van der Waals surface area contributed by atoms with E-state index in [4.69, 9.17) is 9.15 Å². The highest BCUT2D eigenvalue weighted by molar-refractivity contribution is 5.85. The number of anilines is 1. The van der Waals surface area contributed by atoms with E-state index in [0.717, 1.165) is 11.2 Å². The first kappa shape index (κ1) is 13.4. The number of rotatable bonds is 4. The third-order valence-electron chi connectivity index (χ3n) is 3.32. The molecule has 0 saturated heterocycles. The van der Waals surface area contributed by atoms with Crippen LogP contribution >= 0.6 is 0 Å². The lowest BCUT2D eigenvalue weighted by Crippen LogP contribution is -2.49. The molecule has 0 fully saturated rings. The first-order valence-electron chi connectivity index (χ1n) is 6.21. The van der Waals surface area contributed by atoms with Crippen molar-refractivity contribution in [3.05, 3.63) is 24.6 Å². The third-order valence-corrected chi connectivity index (χ3v) is 3.32. The van der Waals surface area contributed by atoms with Crippen molar-refractivity contribution in [1.82, 2.24) is 4.98 Å². The molecule has 2 rings (SSSR count). The van der Waals surface area contributed by atoms with Crippen LogP contribution in [0.2, 0.25) is 0 Å². The van der Waals surface area contributed by atoms with Gasteiger partial charge in [0, 0.05) is 18.8 Å². The molecule has 0 spiro atoms. The molecule has 1 heterocycles. The molecule has 0 saturated carbocycles. The van der Waals surface area contributed by atoms with Crippen molar-refractivity contribution in [3.8, 4) is 0 Å². The average molecular weight is 262 g/mol. The Balaban J connectivity index is 2.31. The molecule has 0 aliphatic carbocycles. The number of carbonyl (C=O) groups excluding carboxylic acids is 1. The van der Waals surface area contributed by atoms with Gasteiger partial charge in [-0.05, 0) is 32.9 Å². The molecule has 1 aromatic heterocycles. The molecule has 0 bridgehead atoms. The molecule has 0 atom stereocenters. The molecular formula is C14H18N2O3. The van der Waals surface area contributed by atoms with Gasteiger partial charge in [0.05, 0.1) is 6.61 Å². The SMILES string of the molecule is CCOC(=O)C(C)(C)N(C)c1ccc2ncoc2c1. The number of aromatic nitrogens is 1. The smallest absolute Gasteiger partial charge is 0.331 e. The van der Waals surface area contributed by atoms with Crippen LogP contribution in [0.25, 0.3) is 11.1 Å². The highest BCUT2D eigenvalue weighted by Gasteiger charge is 2.34. The number of hydrogen-bond acceptors (Lipinski definition) is 5. The highest BCUT2D eigenvalue weighted by atomic mass is 16.5. The van der Waals surface area contributed by atoms with E-state index in [1.807, 2.05) is 44.0 Å². The largest absolute Gasteiger partial charge is 0.464 e. The molecule has 0 N–H and O–H groups in total. The summed E-state index contributed by atoms with van der Waals surface area (Å²) in [5, 5.41) is 0. The Kier molecular flexibility index (Phi) is 3.46. The third kappa shape index (κ3) is 2.41. The second kappa shape index (κ2) is 4.91. The lowest BCUT2D eigenvalue weighted by atomic mass is 10.0. The van der Waals surface area contributed by atoms with Crippen LogP contribution in [-0.4, -0.2) is 30.1 Å². The minimum atomic E-state index is -0.746. The summed E-state index contributed by atoms with van der Waals surface area (Å²) in [5.41, 5.74) is 1.63. The van der Waals surface area contributed by atoms with Crippen LogP contribution in [0, 0.1) is 0 Å². The van der Waals surface area contributed by atoms with E-state index in [1.165, 1.54) is 6.39 Å². The van der Waals surface area contributed by atoms with Crippen LogP contribution in [-0.2, 0) is 9.53 Å². The molecule has 0 unspecified atom stereocenters. The molecule has 19 heavy (non-hydrogen) atoms. The summed E-state index contributed by atoms with van der Waals surface area (Å²) in [4.78, 5) is 17.9. The van der Waals surface area contributed by atoms with Crippen LogP contribution < -0.4 is 4.90 Å². The van der Waals surface area contributed by atoms with Crippen LogP contribution in [0.5, 0.6) is 0 Å². The molecule has 5 nitrogen and oxygen atoms in total. The summed E-state index contributed by atoms with van der Waals surface area (Å²) in [6.07, 6.45) is 1.41. The van der Waals surface area contributed by atoms with Gasteiger partial charge in [-0.2, -0.15) is 0 Å². The summed E-state index contributed by atoms with van der Waals surface area (Å²) in [6.45, 7) is 5.83. The second-order valence-corrected chi connectivity index (χ2v) is 4.84. The van der Waals surface area contributed by atoms with E-state index in [2.05, 4.69) is 4.98 Å². The minimum absolute atomic E-state index is 0.254. The van der Waals surface area contributed by atoms with Gasteiger partial charge in [-0.1, -0.05) is 0 Å². The number of hydrogen-bond donors (Lipinski definition) is 0. The summed E-state index contributed by atoms with van der Waals surface area (Å²) in [6, 6.07) is 5.64. The predicted octanol–water partition coefficient (Wildman–Crippen LogP) is 2.61. The summed E-state index contributed by atoms with van der Waals surface area (Å²) in [5.74, 6) is -0.254. The minimum Gasteiger partial charge on any atom is -0.464 e. The maximum atomic E-state index is 12.0. The van der Waals surface area contributed by atoms with Gasteiger partial charge in [0.1, 0.15) is 11.1 Å². The Hall–Kier alpha value is -2.04. The average Bonchev–Trinajstić information content (AvgIpc) is 2.85. The summed E-state index contributed by atoms with van der Waals surface area (Å²) < 4.78 is 10.4. The molecule has 5 heteroatoms. The maximum absolute atomic E-state index is 12.0. The van der Waals surface area contributed by atoms with E-state index < -0.39 is 5.54 Å². The molecular weight excluding hydrogens is 244 g/mol. The fourth-order valence-corrected chi connectivity index (χ4v) is 1.82. The number of likely N-dealkylation sites (N-methyl/N-ethyl adjacent to an activating group) is 1. The first-order chi connectivity index (χ1) is 8.96. The second-order valence-electron chi connectivity index (χ2n) is 4.84. The van der Waals surface area contributed by atoms with Gasteiger partial charge in [-0.3, -0.25) is 0 Å². The zero-order valence-corrected chi connectivity index (χ0v) is 11.6. The highest BCUT2D eigenvalue weighted by Crippen LogP contribution is 2.26. The fraction of sp³-hybridized carbons (Fsp3) is 0.429. The van der Waals surface area contributed by atoms with Crippen molar-refractivity contribution in [1.29, 1.82) is 0 Å². The number of fused-ring (bicyclic) bond motifs is 1. The quantitative estimate of drug-likeness (QED) is 0.793. The van der Waals surface area contributed by atoms with Crippen LogP contribution in [0.15, 0.2) is 29.0 Å². The van der Waals surface area contributed by atoms with Crippen molar-refractivity contribution in [2.24, 2.45) is 0 Å². The molecule has 2 aromatic rings. The molecule has 0 aliphatic rings. The number of carbonyl (C=O) groups is 1. The zero-order chi connectivity index (χ0) is 14.0. The van der Waals surface area contributed by atoms with Gasteiger partial charge in [0.15, 0.2) is 12.0 Å². The lowest BCUT2D eigenvalue weighted by molar-refractivity contribution is -0.148. The predicted molar refractivity (Wildman–Crippen MR) is 73.1 cm³/mol. The number of ether oxygens (including phenoxy) is 1. The van der Waals surface area contributed by atoms with Gasteiger partial charge in [0.2, 0.25) is 0 Å². The van der Waals surface area contributed by atoms with Gasteiger partial charge in [-0.25, -0.2) is 9.78 Å². The van der Waals surface area contributed by atoms with Crippen LogP contribution in [0.1, 0.15) is 20.8 Å². The van der Waals surface area contributed by atoms with Gasteiger partial charge in [-0.15, -0.1) is 0 Å². The van der Waals surface area contributed by atoms with Crippen molar-refractivity contribution < 1.29 is 13.9 Å². The molecule has 0 radical (unpaired) electrons. The number of esters is 1. The van der Waals surface area contributed by atoms with E-state index in [0.29, 0.717) is 12.2 Å². The van der Waals surface area contributed by atoms with Crippen molar-refractivity contribution in [3.63, 3.8) is 0 Å². The van der Waals surface area contributed by atoms with E-state index in [-0.39, 0.29) is 5.97 Å². The van der Waals surface area contributed by atoms with Gasteiger partial charge >= 0.3 is 5.97 Å². The monoisotopic (exact) mass is 262 g/mol. The van der Waals surface area contributed by atoms with Crippen molar-refractivity contribution in [2.45, 2.75) is 26.3 Å². The van der Waals surface area contributed by atoms with Crippen LogP contribution in [0.4, 0.5) is 5.69 Å². The molecule has 0 amide bonds. The molecule has 102 valence electrons. The van der Waals surface area contributed by atoms with E-state index in [9.17, 15) is 4.79 Å². The topological polar surface area (TPSA) is 55.6 Å². The standard InChI is InChI=1S/C14H18N2O3/c1-5-18-13(17)14(2,3)16(4)10-6-7-11-12(8-10)19-9-15-11/h6-9H,5H2,1-4H3. The summed E-state index contributed by atoms with van der Waals surface area (Å²) in [7, 11) is 1.86. The Bertz CT molecular complexity index is 589. The Morgan fingerprint density at radius 1 is 1.47 bits per heavy atom. The number of oxazole rings is 1. The van der Waals surface area contributed by atoms with Crippen molar-refractivity contribution >= 4 is 22.8 Å². The Morgan fingerprint density at radius 3 is 2.89 bits per heavy atom. The van der Waals surface area contributed by atoms with Crippen LogP contribution in [0.3, 0.4) is 0 Å². The summed E-state index contributed by atoms with van der Waals surface area (Å²) >= 11 is 0. The van der Waals surface area contributed by atoms with Gasteiger partial charge < -0.3 is 14.1 Å².